The summed E-state index contributed by atoms with van der Waals surface area (Å²) in [5, 5.41) is 0. The molecule has 0 aliphatic carbocycles. The summed E-state index contributed by atoms with van der Waals surface area (Å²) < 4.78 is 5.75. The van der Waals surface area contributed by atoms with Crippen molar-refractivity contribution in [2.24, 2.45) is 0 Å². The van der Waals surface area contributed by atoms with Crippen molar-refractivity contribution in [1.29, 1.82) is 0 Å². The van der Waals surface area contributed by atoms with Crippen LogP contribution in [0.4, 0.5) is 0 Å². The third-order valence-corrected chi connectivity index (χ3v) is 11.6. The number of thioether (sulfide) groups is 6. The van der Waals surface area contributed by atoms with E-state index in [0.29, 0.717) is 0 Å². The van der Waals surface area contributed by atoms with Gasteiger partial charge in [0.25, 0.3) is 0 Å². The van der Waals surface area contributed by atoms with Crippen LogP contribution in [0.2, 0.25) is 0 Å². The lowest BCUT2D eigenvalue weighted by Gasteiger charge is -2.08. The van der Waals surface area contributed by atoms with Gasteiger partial charge in [0.1, 0.15) is 6.29 Å². The molecule has 0 atom stereocenters. The maximum absolute atomic E-state index is 10.9. The van der Waals surface area contributed by atoms with Gasteiger partial charge >= 0.3 is 0 Å². The first-order valence-corrected chi connectivity index (χ1v) is 11.1. The van der Waals surface area contributed by atoms with Crippen molar-refractivity contribution in [3.8, 4) is 0 Å². The lowest BCUT2D eigenvalue weighted by molar-refractivity contribution is 0.112. The zero-order chi connectivity index (χ0) is 13.5. The zero-order valence-electron chi connectivity index (χ0n) is 10.1. The average molecular weight is 373 g/mol. The maximum Gasteiger partial charge on any atom is 0.150 e. The van der Waals surface area contributed by atoms with E-state index in [9.17, 15) is 4.79 Å². The van der Waals surface area contributed by atoms with Crippen LogP contribution in [0.15, 0.2) is 44.9 Å². The highest BCUT2D eigenvalue weighted by Crippen LogP contribution is 2.65. The van der Waals surface area contributed by atoms with Crippen molar-refractivity contribution in [2.45, 2.75) is 9.79 Å². The summed E-state index contributed by atoms with van der Waals surface area (Å²) in [6.45, 7) is 0. The predicted molar refractivity (Wildman–Crippen MR) is 97.7 cm³/mol. The molecule has 0 radical (unpaired) electrons. The van der Waals surface area contributed by atoms with E-state index < -0.39 is 0 Å². The Labute approximate surface area is 142 Å². The van der Waals surface area contributed by atoms with Gasteiger partial charge in [-0.05, 0) is 12.1 Å². The van der Waals surface area contributed by atoms with E-state index in [1.165, 1.54) is 38.2 Å². The van der Waals surface area contributed by atoms with Crippen molar-refractivity contribution in [1.82, 2.24) is 0 Å². The first-order chi connectivity index (χ1) is 9.83. The third kappa shape index (κ3) is 2.61. The molecule has 1 aromatic rings. The van der Waals surface area contributed by atoms with Crippen molar-refractivity contribution < 1.29 is 4.79 Å². The molecule has 3 aliphatic heterocycles. The topological polar surface area (TPSA) is 17.1 Å². The molecule has 1 nitrogen and oxygen atoms in total. The van der Waals surface area contributed by atoms with E-state index >= 15 is 0 Å². The van der Waals surface area contributed by atoms with Crippen molar-refractivity contribution in [3.63, 3.8) is 0 Å². The fraction of sp³-hybridized carbons (Fsp3) is 0.154. The Morgan fingerprint density at radius 1 is 0.800 bits per heavy atom. The van der Waals surface area contributed by atoms with E-state index in [1.54, 1.807) is 11.8 Å². The Bertz CT molecular complexity index is 643. The summed E-state index contributed by atoms with van der Waals surface area (Å²) in [7, 11) is 0. The van der Waals surface area contributed by atoms with Crippen LogP contribution in [-0.2, 0) is 0 Å². The molecule has 0 N–H and O–H groups in total. The third-order valence-electron chi connectivity index (χ3n) is 2.76. The predicted octanol–water partition coefficient (Wildman–Crippen LogP) is 5.91. The molecule has 3 heterocycles. The molecule has 0 unspecified atom stereocenters. The summed E-state index contributed by atoms with van der Waals surface area (Å²) >= 11 is 11.5. The number of hydrogen-bond donors (Lipinski definition) is 0. The highest BCUT2D eigenvalue weighted by molar-refractivity contribution is 8.42. The van der Waals surface area contributed by atoms with Gasteiger partial charge in [0, 0.05) is 26.9 Å². The summed E-state index contributed by atoms with van der Waals surface area (Å²) in [5.74, 6) is 2.45. The van der Waals surface area contributed by atoms with Gasteiger partial charge in [-0.15, -0.1) is 23.5 Å². The van der Waals surface area contributed by atoms with Gasteiger partial charge in [-0.25, -0.2) is 0 Å². The summed E-state index contributed by atoms with van der Waals surface area (Å²) in [4.78, 5) is 13.4. The summed E-state index contributed by atoms with van der Waals surface area (Å²) in [5.41, 5.74) is 0.762. The van der Waals surface area contributed by atoms with E-state index in [4.69, 9.17) is 0 Å². The molecule has 0 spiro atoms. The molecule has 20 heavy (non-hydrogen) atoms. The van der Waals surface area contributed by atoms with Gasteiger partial charge in [0.15, 0.2) is 0 Å². The first-order valence-electron chi connectivity index (χ1n) is 5.88. The highest BCUT2D eigenvalue weighted by atomic mass is 32.3. The van der Waals surface area contributed by atoms with Gasteiger partial charge in [0.05, 0.1) is 16.9 Å². The number of carbonyl (C=O) groups is 1. The van der Waals surface area contributed by atoms with Crippen molar-refractivity contribution >= 4 is 76.9 Å². The fourth-order valence-electron chi connectivity index (χ4n) is 1.87. The van der Waals surface area contributed by atoms with E-state index in [1.807, 2.05) is 70.9 Å². The minimum atomic E-state index is 0.762. The smallest absolute Gasteiger partial charge is 0.150 e. The van der Waals surface area contributed by atoms with Crippen LogP contribution in [0.5, 0.6) is 0 Å². The van der Waals surface area contributed by atoms with Crippen molar-refractivity contribution in [2.75, 3.05) is 11.5 Å². The number of fused-ring (bicyclic) bond motifs is 1. The largest absolute Gasteiger partial charge is 0.298 e. The SMILES string of the molecule is O=Cc1ccc2c(c1)SC(=C1SC3=C(SCCS3)S1)S2. The Morgan fingerprint density at radius 3 is 2.15 bits per heavy atom. The zero-order valence-corrected chi connectivity index (χ0v) is 15.0. The molecule has 0 aromatic heterocycles. The van der Waals surface area contributed by atoms with E-state index in [2.05, 4.69) is 6.07 Å². The minimum absolute atomic E-state index is 0.762. The summed E-state index contributed by atoms with van der Waals surface area (Å²) in [6.07, 6.45) is 0.920. The quantitative estimate of drug-likeness (QED) is 0.563. The Morgan fingerprint density at radius 2 is 1.45 bits per heavy atom. The Kier molecular flexibility index (Phi) is 4.18. The van der Waals surface area contributed by atoms with E-state index in [0.717, 1.165) is 11.8 Å². The normalized spacial score (nSPS) is 21.2. The van der Waals surface area contributed by atoms with E-state index in [-0.39, 0.29) is 0 Å². The lowest BCUT2D eigenvalue weighted by atomic mass is 10.2. The number of hydrogen-bond acceptors (Lipinski definition) is 7. The molecule has 0 amide bonds. The number of benzene rings is 1. The van der Waals surface area contributed by atoms with Gasteiger partial charge in [-0.3, -0.25) is 4.79 Å². The molecule has 102 valence electrons. The minimum Gasteiger partial charge on any atom is -0.298 e. The number of aldehydes is 1. The average Bonchev–Trinajstić information content (AvgIpc) is 3.09. The second-order valence-electron chi connectivity index (χ2n) is 4.08. The maximum atomic E-state index is 10.9. The molecule has 4 rings (SSSR count). The second kappa shape index (κ2) is 5.93. The Hall–Kier alpha value is 0.470. The van der Waals surface area contributed by atoms with Crippen LogP contribution < -0.4 is 0 Å². The fourth-order valence-corrected chi connectivity index (χ4v) is 10.7. The Balaban J connectivity index is 1.60. The van der Waals surface area contributed by atoms with Crippen LogP contribution in [0, 0.1) is 0 Å². The molecule has 0 saturated carbocycles. The number of rotatable bonds is 1. The molecule has 7 heteroatoms. The molecule has 0 bridgehead atoms. The molecular weight excluding hydrogens is 365 g/mol. The van der Waals surface area contributed by atoms with Crippen LogP contribution in [0.3, 0.4) is 0 Å². The molecule has 1 aromatic carbocycles. The lowest BCUT2D eigenvalue weighted by Crippen LogP contribution is -1.88. The molecule has 0 fully saturated rings. The monoisotopic (exact) mass is 372 g/mol. The van der Waals surface area contributed by atoms with Gasteiger partial charge in [-0.2, -0.15) is 0 Å². The van der Waals surface area contributed by atoms with Crippen LogP contribution in [0.1, 0.15) is 10.4 Å². The number of carbonyl (C=O) groups excluding carboxylic acids is 1. The van der Waals surface area contributed by atoms with Crippen LogP contribution in [0.25, 0.3) is 0 Å². The van der Waals surface area contributed by atoms with Gasteiger partial charge in [0.2, 0.25) is 0 Å². The first kappa shape index (κ1) is 14.1. The van der Waals surface area contributed by atoms with Crippen LogP contribution >= 0.6 is 70.6 Å². The van der Waals surface area contributed by atoms with Crippen LogP contribution in [-0.4, -0.2) is 17.8 Å². The van der Waals surface area contributed by atoms with Gasteiger partial charge in [-0.1, -0.05) is 53.1 Å². The standard InChI is InChI=1S/C13H8OS6/c14-6-7-1-2-8-9(5-7)18-12(17-8)13-19-10-11(20-13)16-4-3-15-10/h1-2,5-6H,3-4H2. The second-order valence-corrected chi connectivity index (χ2v) is 11.5. The van der Waals surface area contributed by atoms with Gasteiger partial charge < -0.3 is 0 Å². The van der Waals surface area contributed by atoms with Crippen molar-refractivity contribution in [3.05, 3.63) is 40.7 Å². The molecule has 3 aliphatic rings. The molecular formula is C13H8OS6. The summed E-state index contributed by atoms with van der Waals surface area (Å²) in [6, 6.07) is 5.96. The molecule has 0 saturated heterocycles. The highest BCUT2D eigenvalue weighted by Gasteiger charge is 2.30.